The van der Waals surface area contributed by atoms with Crippen LogP contribution < -0.4 is 5.32 Å². The van der Waals surface area contributed by atoms with E-state index in [9.17, 15) is 0 Å². The molecule has 0 fully saturated rings. The zero-order valence-corrected chi connectivity index (χ0v) is 14.4. The zero-order chi connectivity index (χ0) is 14.8. The molecule has 2 aromatic rings. The van der Waals surface area contributed by atoms with E-state index in [2.05, 4.69) is 64.6 Å². The predicted molar refractivity (Wildman–Crippen MR) is 93.2 cm³/mol. The molecule has 0 radical (unpaired) electrons. The topological polar surface area (TPSA) is 12.0 Å². The maximum atomic E-state index is 6.38. The molecule has 3 rings (SSSR count). The second-order valence-electron chi connectivity index (χ2n) is 5.61. The number of hydrogen-bond donors (Lipinski definition) is 1. The highest BCUT2D eigenvalue weighted by Gasteiger charge is 2.32. The van der Waals surface area contributed by atoms with Gasteiger partial charge in [0.2, 0.25) is 0 Å². The molecule has 0 saturated heterocycles. The Morgan fingerprint density at radius 1 is 1.29 bits per heavy atom. The summed E-state index contributed by atoms with van der Waals surface area (Å²) in [5, 5.41) is 4.49. The molecule has 0 bridgehead atoms. The van der Waals surface area contributed by atoms with E-state index in [0.29, 0.717) is 12.0 Å². The zero-order valence-electron chi connectivity index (χ0n) is 12.1. The monoisotopic (exact) mass is 363 g/mol. The number of likely N-dealkylation sites (N-methyl/N-ethyl adjacent to an activating group) is 1. The van der Waals surface area contributed by atoms with Crippen LogP contribution in [0, 0.1) is 0 Å². The Kier molecular flexibility index (Phi) is 4.68. The van der Waals surface area contributed by atoms with Crippen molar-refractivity contribution in [3.63, 3.8) is 0 Å². The number of hydrogen-bond acceptors (Lipinski definition) is 1. The lowest BCUT2D eigenvalue weighted by Gasteiger charge is -2.37. The first-order chi connectivity index (χ1) is 10.2. The molecule has 0 saturated carbocycles. The standard InChI is InChI=1S/C18H19BrClN/c1-2-21-18(10-13-7-8-14(19)11-17(13)20)16-9-12-5-3-4-6-15(12)16/h3-8,11,16,18,21H,2,9-10H2,1H3. The van der Waals surface area contributed by atoms with Crippen LogP contribution in [0.2, 0.25) is 5.02 Å². The first-order valence-corrected chi connectivity index (χ1v) is 8.61. The number of nitrogens with one attached hydrogen (secondary N) is 1. The molecular weight excluding hydrogens is 346 g/mol. The van der Waals surface area contributed by atoms with E-state index >= 15 is 0 Å². The quantitative estimate of drug-likeness (QED) is 0.790. The highest BCUT2D eigenvalue weighted by molar-refractivity contribution is 9.10. The van der Waals surface area contributed by atoms with Crippen LogP contribution >= 0.6 is 27.5 Å². The summed E-state index contributed by atoms with van der Waals surface area (Å²) in [6, 6.07) is 15.4. The van der Waals surface area contributed by atoms with E-state index in [1.807, 2.05) is 6.07 Å². The fraction of sp³-hybridized carbons (Fsp3) is 0.333. The summed E-state index contributed by atoms with van der Waals surface area (Å²) in [6.07, 6.45) is 2.14. The number of halogens is 2. The van der Waals surface area contributed by atoms with Crippen LogP contribution in [0.1, 0.15) is 29.5 Å². The van der Waals surface area contributed by atoms with Gasteiger partial charge in [-0.05, 0) is 48.2 Å². The number of fused-ring (bicyclic) bond motifs is 1. The third-order valence-electron chi connectivity index (χ3n) is 4.30. The van der Waals surface area contributed by atoms with Crippen molar-refractivity contribution in [2.45, 2.75) is 31.7 Å². The fourth-order valence-corrected chi connectivity index (χ4v) is 3.95. The number of rotatable bonds is 5. The van der Waals surface area contributed by atoms with E-state index in [0.717, 1.165) is 22.5 Å². The molecule has 0 spiro atoms. The highest BCUT2D eigenvalue weighted by Crippen LogP contribution is 2.38. The largest absolute Gasteiger partial charge is 0.313 e. The number of benzene rings is 2. The van der Waals surface area contributed by atoms with E-state index < -0.39 is 0 Å². The molecular formula is C18H19BrClN. The summed E-state index contributed by atoms with van der Waals surface area (Å²) in [5.41, 5.74) is 4.21. The van der Waals surface area contributed by atoms with Crippen LogP contribution in [0.3, 0.4) is 0 Å². The highest BCUT2D eigenvalue weighted by atomic mass is 79.9. The minimum absolute atomic E-state index is 0.448. The minimum atomic E-state index is 0.448. The fourth-order valence-electron chi connectivity index (χ4n) is 3.20. The maximum absolute atomic E-state index is 6.38. The average Bonchev–Trinajstić information content (AvgIpc) is 2.43. The van der Waals surface area contributed by atoms with Crippen LogP contribution in [0.4, 0.5) is 0 Å². The van der Waals surface area contributed by atoms with Gasteiger partial charge >= 0.3 is 0 Å². The van der Waals surface area contributed by atoms with E-state index in [4.69, 9.17) is 11.6 Å². The minimum Gasteiger partial charge on any atom is -0.313 e. The van der Waals surface area contributed by atoms with Crippen LogP contribution in [-0.2, 0) is 12.8 Å². The van der Waals surface area contributed by atoms with Gasteiger partial charge in [-0.15, -0.1) is 0 Å². The molecule has 0 amide bonds. The third-order valence-corrected chi connectivity index (χ3v) is 5.15. The summed E-state index contributed by atoms with van der Waals surface area (Å²) < 4.78 is 1.03. The maximum Gasteiger partial charge on any atom is 0.0449 e. The molecule has 2 unspecified atom stereocenters. The Morgan fingerprint density at radius 2 is 2.10 bits per heavy atom. The van der Waals surface area contributed by atoms with Crippen LogP contribution in [-0.4, -0.2) is 12.6 Å². The Labute approximate surface area is 139 Å². The average molecular weight is 365 g/mol. The van der Waals surface area contributed by atoms with Crippen LogP contribution in [0.5, 0.6) is 0 Å². The van der Waals surface area contributed by atoms with E-state index in [-0.39, 0.29) is 0 Å². The van der Waals surface area contributed by atoms with Gasteiger partial charge in [0.1, 0.15) is 0 Å². The predicted octanol–water partition coefficient (Wildman–Crippen LogP) is 4.96. The molecule has 1 nitrogen and oxygen atoms in total. The third kappa shape index (κ3) is 3.18. The van der Waals surface area contributed by atoms with Gasteiger partial charge in [0.25, 0.3) is 0 Å². The Balaban J connectivity index is 1.80. The molecule has 0 heterocycles. The molecule has 0 aliphatic heterocycles. The second kappa shape index (κ2) is 6.51. The lowest BCUT2D eigenvalue weighted by Crippen LogP contribution is -2.41. The molecule has 1 N–H and O–H groups in total. The van der Waals surface area contributed by atoms with Crippen molar-refractivity contribution in [1.29, 1.82) is 0 Å². The van der Waals surface area contributed by atoms with Gasteiger partial charge in [-0.1, -0.05) is 64.8 Å². The Hall–Kier alpha value is -0.830. The van der Waals surface area contributed by atoms with Crippen LogP contribution in [0.15, 0.2) is 46.9 Å². The molecule has 1 aliphatic rings. The van der Waals surface area contributed by atoms with E-state index in [1.54, 1.807) is 0 Å². The SMILES string of the molecule is CCNC(Cc1ccc(Br)cc1Cl)C1Cc2ccccc21. The van der Waals surface area contributed by atoms with E-state index in [1.165, 1.54) is 23.1 Å². The summed E-state index contributed by atoms with van der Waals surface area (Å²) in [6.45, 7) is 3.15. The molecule has 0 aromatic heterocycles. The Morgan fingerprint density at radius 3 is 2.81 bits per heavy atom. The van der Waals surface area contributed by atoms with Crippen molar-refractivity contribution in [2.75, 3.05) is 6.54 Å². The van der Waals surface area contributed by atoms with Crippen molar-refractivity contribution in [2.24, 2.45) is 0 Å². The smallest absolute Gasteiger partial charge is 0.0449 e. The first-order valence-electron chi connectivity index (χ1n) is 7.44. The van der Waals surface area contributed by atoms with Gasteiger partial charge in [-0.25, -0.2) is 0 Å². The summed E-state index contributed by atoms with van der Waals surface area (Å²) in [5.74, 6) is 0.598. The summed E-state index contributed by atoms with van der Waals surface area (Å²) in [4.78, 5) is 0. The second-order valence-corrected chi connectivity index (χ2v) is 6.94. The molecule has 21 heavy (non-hydrogen) atoms. The molecule has 3 heteroatoms. The first kappa shape index (κ1) is 15.1. The van der Waals surface area contributed by atoms with Gasteiger partial charge in [-0.3, -0.25) is 0 Å². The van der Waals surface area contributed by atoms with Gasteiger partial charge < -0.3 is 5.32 Å². The van der Waals surface area contributed by atoms with Crippen molar-refractivity contribution in [1.82, 2.24) is 5.32 Å². The van der Waals surface area contributed by atoms with Gasteiger partial charge in [0.05, 0.1) is 0 Å². The lowest BCUT2D eigenvalue weighted by molar-refractivity contribution is 0.405. The van der Waals surface area contributed by atoms with Crippen molar-refractivity contribution in [3.05, 3.63) is 68.7 Å². The molecule has 110 valence electrons. The van der Waals surface area contributed by atoms with Gasteiger partial charge in [0.15, 0.2) is 0 Å². The molecule has 2 aromatic carbocycles. The molecule has 2 atom stereocenters. The summed E-state index contributed by atoms with van der Waals surface area (Å²) in [7, 11) is 0. The van der Waals surface area contributed by atoms with Gasteiger partial charge in [-0.2, -0.15) is 0 Å². The normalized spacial score (nSPS) is 18.0. The van der Waals surface area contributed by atoms with Crippen molar-refractivity contribution in [3.8, 4) is 0 Å². The Bertz CT molecular complexity index is 641. The summed E-state index contributed by atoms with van der Waals surface area (Å²) >= 11 is 9.85. The van der Waals surface area contributed by atoms with Crippen LogP contribution in [0.25, 0.3) is 0 Å². The lowest BCUT2D eigenvalue weighted by atomic mass is 9.72. The van der Waals surface area contributed by atoms with Gasteiger partial charge in [0, 0.05) is 21.5 Å². The van der Waals surface area contributed by atoms with Crippen molar-refractivity contribution < 1.29 is 0 Å². The van der Waals surface area contributed by atoms with Crippen molar-refractivity contribution >= 4 is 27.5 Å². The molecule has 1 aliphatic carbocycles.